The molecule has 1 fully saturated rings. The van der Waals surface area contributed by atoms with Crippen molar-refractivity contribution < 1.29 is 4.74 Å². The second kappa shape index (κ2) is 7.40. The highest BCUT2D eigenvalue weighted by atomic mass is 16.5. The summed E-state index contributed by atoms with van der Waals surface area (Å²) in [5, 5.41) is 0. The quantitative estimate of drug-likeness (QED) is 0.613. The smallest absolute Gasteiger partial charge is 0.323 e. The van der Waals surface area contributed by atoms with E-state index in [1.165, 1.54) is 32.1 Å². The van der Waals surface area contributed by atoms with Crippen LogP contribution in [-0.4, -0.2) is 33.6 Å². The fourth-order valence-electron chi connectivity index (χ4n) is 2.76. The zero-order chi connectivity index (χ0) is 15.2. The number of hydrogen-bond acceptors (Lipinski definition) is 7. The van der Waals surface area contributed by atoms with Gasteiger partial charge in [0.2, 0.25) is 11.9 Å². The predicted octanol–water partition coefficient (Wildman–Crippen LogP) is 2.10. The second-order valence-electron chi connectivity index (χ2n) is 5.63. The minimum Gasteiger partial charge on any atom is -0.461 e. The molecule has 0 unspecified atom stereocenters. The Hall–Kier alpha value is -1.63. The molecule has 2 rings (SSSR count). The topological polar surface area (TPSA) is 89.2 Å². The molecule has 3 N–H and O–H groups in total. The zero-order valence-electron chi connectivity index (χ0n) is 13.2. The van der Waals surface area contributed by atoms with E-state index >= 15 is 0 Å². The predicted molar refractivity (Wildman–Crippen MR) is 83.3 cm³/mol. The lowest BCUT2D eigenvalue weighted by Crippen LogP contribution is -2.38. The van der Waals surface area contributed by atoms with Crippen molar-refractivity contribution in [3.63, 3.8) is 0 Å². The minimum atomic E-state index is 0.00984. The zero-order valence-corrected chi connectivity index (χ0v) is 13.2. The van der Waals surface area contributed by atoms with Crippen LogP contribution < -0.4 is 20.9 Å². The molecule has 0 bridgehead atoms. The summed E-state index contributed by atoms with van der Waals surface area (Å²) in [6.45, 7) is 6.87. The van der Waals surface area contributed by atoms with Crippen LogP contribution in [0.15, 0.2) is 0 Å². The van der Waals surface area contributed by atoms with Gasteiger partial charge in [0.15, 0.2) is 0 Å². The Kier molecular flexibility index (Phi) is 5.55. The van der Waals surface area contributed by atoms with Gasteiger partial charge in [-0.3, -0.25) is 5.43 Å². The molecule has 0 spiro atoms. The molecule has 1 aromatic heterocycles. The SMILES string of the molecule is CCN(c1nc(NN)nc(OC(C)C)n1)C1CCCCC1. The maximum absolute atomic E-state index is 5.59. The molecule has 7 nitrogen and oxygen atoms in total. The van der Waals surface area contributed by atoms with Gasteiger partial charge in [0.1, 0.15) is 0 Å². The molecular weight excluding hydrogens is 268 g/mol. The molecule has 0 amide bonds. The number of nitrogens with zero attached hydrogens (tertiary/aromatic N) is 4. The Morgan fingerprint density at radius 2 is 1.95 bits per heavy atom. The van der Waals surface area contributed by atoms with Crippen molar-refractivity contribution in [3.8, 4) is 6.01 Å². The monoisotopic (exact) mass is 294 g/mol. The number of hydrogen-bond donors (Lipinski definition) is 2. The van der Waals surface area contributed by atoms with Crippen molar-refractivity contribution in [2.45, 2.75) is 65.0 Å². The van der Waals surface area contributed by atoms with Gasteiger partial charge in [-0.05, 0) is 33.6 Å². The maximum Gasteiger partial charge on any atom is 0.323 e. The summed E-state index contributed by atoms with van der Waals surface area (Å²) < 4.78 is 5.59. The van der Waals surface area contributed by atoms with Crippen LogP contribution in [0.3, 0.4) is 0 Å². The standard InChI is InChI=1S/C14H26N6O/c1-4-20(11-8-6-5-7-9-11)13-16-12(19-15)17-14(18-13)21-10(2)3/h10-11H,4-9,15H2,1-3H3,(H,16,17,18,19). The first-order valence-electron chi connectivity index (χ1n) is 7.80. The number of nitrogens with two attached hydrogens (primary N) is 1. The van der Waals surface area contributed by atoms with Crippen molar-refractivity contribution in [3.05, 3.63) is 0 Å². The maximum atomic E-state index is 5.59. The summed E-state index contributed by atoms with van der Waals surface area (Å²) in [5.74, 6) is 6.44. The van der Waals surface area contributed by atoms with Gasteiger partial charge in [-0.2, -0.15) is 15.0 Å². The molecule has 1 aromatic rings. The normalized spacial score (nSPS) is 16.0. The van der Waals surface area contributed by atoms with Crippen LogP contribution in [-0.2, 0) is 0 Å². The minimum absolute atomic E-state index is 0.00984. The van der Waals surface area contributed by atoms with E-state index < -0.39 is 0 Å². The van der Waals surface area contributed by atoms with Gasteiger partial charge in [-0.15, -0.1) is 0 Å². The summed E-state index contributed by atoms with van der Waals surface area (Å²) in [6, 6.07) is 0.806. The lowest BCUT2D eigenvalue weighted by Gasteiger charge is -2.33. The van der Waals surface area contributed by atoms with E-state index in [0.717, 1.165) is 6.54 Å². The molecule has 1 saturated carbocycles. The number of nitrogen functional groups attached to an aromatic ring is 1. The van der Waals surface area contributed by atoms with Gasteiger partial charge in [-0.1, -0.05) is 19.3 Å². The van der Waals surface area contributed by atoms with Crippen LogP contribution in [0, 0.1) is 0 Å². The first-order valence-corrected chi connectivity index (χ1v) is 7.80. The lowest BCUT2D eigenvalue weighted by atomic mass is 9.94. The first-order chi connectivity index (χ1) is 10.1. The van der Waals surface area contributed by atoms with E-state index in [1.54, 1.807) is 0 Å². The lowest BCUT2D eigenvalue weighted by molar-refractivity contribution is 0.221. The molecule has 1 heterocycles. The van der Waals surface area contributed by atoms with Crippen LogP contribution in [0.2, 0.25) is 0 Å². The molecule has 1 aliphatic carbocycles. The van der Waals surface area contributed by atoms with Crippen LogP contribution in [0.25, 0.3) is 0 Å². The Morgan fingerprint density at radius 3 is 2.52 bits per heavy atom. The Balaban J connectivity index is 2.25. The summed E-state index contributed by atoms with van der Waals surface area (Å²) in [7, 11) is 0. The van der Waals surface area contributed by atoms with Crippen molar-refractivity contribution >= 4 is 11.9 Å². The number of rotatable bonds is 6. The summed E-state index contributed by atoms with van der Waals surface area (Å²) >= 11 is 0. The third kappa shape index (κ3) is 4.17. The van der Waals surface area contributed by atoms with Crippen molar-refractivity contribution in [1.82, 2.24) is 15.0 Å². The van der Waals surface area contributed by atoms with Crippen molar-refractivity contribution in [2.24, 2.45) is 5.84 Å². The van der Waals surface area contributed by atoms with Gasteiger partial charge < -0.3 is 9.64 Å². The number of aromatic nitrogens is 3. The van der Waals surface area contributed by atoms with E-state index in [4.69, 9.17) is 10.6 Å². The van der Waals surface area contributed by atoms with Crippen molar-refractivity contribution in [1.29, 1.82) is 0 Å². The molecule has 0 atom stereocenters. The van der Waals surface area contributed by atoms with E-state index in [9.17, 15) is 0 Å². The average molecular weight is 294 g/mol. The first kappa shape index (κ1) is 15.8. The number of anilines is 2. The van der Waals surface area contributed by atoms with E-state index in [-0.39, 0.29) is 6.10 Å². The highest BCUT2D eigenvalue weighted by Crippen LogP contribution is 2.26. The third-order valence-electron chi connectivity index (χ3n) is 3.69. The number of hydrazine groups is 1. The average Bonchev–Trinajstić information content (AvgIpc) is 2.48. The Bertz CT molecular complexity index is 447. The fraction of sp³-hybridized carbons (Fsp3) is 0.786. The van der Waals surface area contributed by atoms with Crippen LogP contribution in [0.4, 0.5) is 11.9 Å². The molecule has 118 valence electrons. The molecule has 0 aliphatic heterocycles. The van der Waals surface area contributed by atoms with Gasteiger partial charge in [0, 0.05) is 12.6 Å². The largest absolute Gasteiger partial charge is 0.461 e. The molecule has 1 aliphatic rings. The molecule has 21 heavy (non-hydrogen) atoms. The number of ether oxygens (including phenoxy) is 1. The van der Waals surface area contributed by atoms with Crippen molar-refractivity contribution in [2.75, 3.05) is 16.9 Å². The summed E-state index contributed by atoms with van der Waals surface area (Å²) in [6.07, 6.45) is 6.24. The second-order valence-corrected chi connectivity index (χ2v) is 5.63. The fourth-order valence-corrected chi connectivity index (χ4v) is 2.76. The van der Waals surface area contributed by atoms with E-state index in [0.29, 0.717) is 23.9 Å². The van der Waals surface area contributed by atoms with Gasteiger partial charge >= 0.3 is 6.01 Å². The molecule has 0 saturated heterocycles. The molecule has 7 heteroatoms. The van der Waals surface area contributed by atoms with Gasteiger partial charge in [0.25, 0.3) is 0 Å². The number of nitrogens with one attached hydrogen (secondary N) is 1. The molecule has 0 radical (unpaired) electrons. The summed E-state index contributed by atoms with van der Waals surface area (Å²) in [4.78, 5) is 15.2. The molecule has 0 aromatic carbocycles. The van der Waals surface area contributed by atoms with Gasteiger partial charge in [-0.25, -0.2) is 5.84 Å². The summed E-state index contributed by atoms with van der Waals surface area (Å²) in [5.41, 5.74) is 2.49. The van der Waals surface area contributed by atoms with Crippen LogP contribution in [0.5, 0.6) is 6.01 Å². The molecular formula is C14H26N6O. The van der Waals surface area contributed by atoms with E-state index in [1.807, 2.05) is 13.8 Å². The van der Waals surface area contributed by atoms with Crippen LogP contribution in [0.1, 0.15) is 52.9 Å². The van der Waals surface area contributed by atoms with Crippen LogP contribution >= 0.6 is 0 Å². The highest BCUT2D eigenvalue weighted by Gasteiger charge is 2.23. The Labute approximate surface area is 126 Å². The van der Waals surface area contributed by atoms with E-state index in [2.05, 4.69) is 32.2 Å². The third-order valence-corrected chi connectivity index (χ3v) is 3.69. The van der Waals surface area contributed by atoms with Gasteiger partial charge in [0.05, 0.1) is 6.10 Å². The highest BCUT2D eigenvalue weighted by molar-refractivity contribution is 5.38. The Morgan fingerprint density at radius 1 is 1.24 bits per heavy atom.